The van der Waals surface area contributed by atoms with Gasteiger partial charge in [-0.25, -0.2) is 4.98 Å². The number of aromatic nitrogens is 1. The highest BCUT2D eigenvalue weighted by molar-refractivity contribution is 7.21. The van der Waals surface area contributed by atoms with Gasteiger partial charge in [-0.05, 0) is 73.0 Å². The van der Waals surface area contributed by atoms with Gasteiger partial charge in [-0.15, -0.1) is 11.3 Å². The first-order valence-corrected chi connectivity index (χ1v) is 11.2. The highest BCUT2D eigenvalue weighted by atomic mass is 32.1. The molecule has 1 amide bonds. The van der Waals surface area contributed by atoms with Gasteiger partial charge in [-0.1, -0.05) is 18.2 Å². The van der Waals surface area contributed by atoms with E-state index in [1.54, 1.807) is 35.6 Å². The van der Waals surface area contributed by atoms with Gasteiger partial charge in [-0.2, -0.15) is 5.26 Å². The number of anilines is 1. The second-order valence-electron chi connectivity index (χ2n) is 7.55. The lowest BCUT2D eigenvalue weighted by Gasteiger charge is -2.06. The Hall–Kier alpha value is -4.15. The largest absolute Gasteiger partial charge is 0.508 e. The van der Waals surface area contributed by atoms with Crippen molar-refractivity contribution in [2.75, 3.05) is 11.9 Å². The van der Waals surface area contributed by atoms with Crippen LogP contribution in [0.1, 0.15) is 11.1 Å². The summed E-state index contributed by atoms with van der Waals surface area (Å²) in [6.07, 6.45) is 2.01. The maximum absolute atomic E-state index is 12.3. The van der Waals surface area contributed by atoms with Gasteiger partial charge < -0.3 is 15.7 Å². The fourth-order valence-electron chi connectivity index (χ4n) is 3.25. The topological polar surface area (TPSA) is 98.0 Å². The van der Waals surface area contributed by atoms with Gasteiger partial charge in [0.05, 0.1) is 10.2 Å². The number of benzene rings is 3. The number of carbonyl (C=O) groups is 1. The molecule has 7 heteroatoms. The lowest BCUT2D eigenvalue weighted by molar-refractivity contribution is -0.117. The lowest BCUT2D eigenvalue weighted by Crippen LogP contribution is -2.27. The van der Waals surface area contributed by atoms with Crippen LogP contribution in [0.25, 0.3) is 20.8 Å². The van der Waals surface area contributed by atoms with Crippen LogP contribution in [0.2, 0.25) is 0 Å². The molecule has 0 saturated heterocycles. The molecule has 6 nitrogen and oxygen atoms in total. The predicted octanol–water partition coefficient (Wildman–Crippen LogP) is 5.16. The first kappa shape index (κ1) is 22.1. The molecule has 0 aliphatic rings. The molecule has 3 aromatic carbocycles. The summed E-state index contributed by atoms with van der Waals surface area (Å²) < 4.78 is 1.16. The quantitative estimate of drug-likeness (QED) is 0.265. The molecule has 0 spiro atoms. The molecular formula is C26H22N4O2S. The van der Waals surface area contributed by atoms with E-state index in [2.05, 4.69) is 29.7 Å². The summed E-state index contributed by atoms with van der Waals surface area (Å²) in [6, 6.07) is 22.7. The van der Waals surface area contributed by atoms with Crippen LogP contribution in [-0.4, -0.2) is 22.5 Å². The van der Waals surface area contributed by atoms with Crippen LogP contribution in [0.4, 0.5) is 5.69 Å². The Bertz CT molecular complexity index is 1350. The van der Waals surface area contributed by atoms with Crippen molar-refractivity contribution in [1.29, 1.82) is 5.26 Å². The fourth-order valence-corrected chi connectivity index (χ4v) is 4.32. The van der Waals surface area contributed by atoms with Crippen molar-refractivity contribution in [2.24, 2.45) is 0 Å². The number of rotatable bonds is 7. The van der Waals surface area contributed by atoms with Gasteiger partial charge in [0.25, 0.3) is 5.91 Å². The number of nitrogens with zero attached hydrogens (tertiary/aromatic N) is 2. The Labute approximate surface area is 195 Å². The zero-order valence-electron chi connectivity index (χ0n) is 18.0. The summed E-state index contributed by atoms with van der Waals surface area (Å²) in [5, 5.41) is 25.4. The van der Waals surface area contributed by atoms with E-state index in [4.69, 9.17) is 4.98 Å². The van der Waals surface area contributed by atoms with Crippen LogP contribution in [-0.2, 0) is 11.2 Å². The van der Waals surface area contributed by atoms with Gasteiger partial charge in [0, 0.05) is 24.0 Å². The van der Waals surface area contributed by atoms with Crippen molar-refractivity contribution in [2.45, 2.75) is 13.3 Å². The van der Waals surface area contributed by atoms with E-state index in [0.717, 1.165) is 32.0 Å². The molecule has 0 aliphatic heterocycles. The van der Waals surface area contributed by atoms with Crippen molar-refractivity contribution in [3.05, 3.63) is 89.6 Å². The van der Waals surface area contributed by atoms with Crippen molar-refractivity contribution in [3.8, 4) is 22.4 Å². The van der Waals surface area contributed by atoms with Gasteiger partial charge in [0.2, 0.25) is 0 Å². The smallest absolute Gasteiger partial charge is 0.263 e. The highest BCUT2D eigenvalue weighted by Gasteiger charge is 2.09. The normalized spacial score (nSPS) is 11.2. The summed E-state index contributed by atoms with van der Waals surface area (Å²) in [6.45, 7) is 2.46. The van der Waals surface area contributed by atoms with Crippen molar-refractivity contribution in [1.82, 2.24) is 10.3 Å². The van der Waals surface area contributed by atoms with Crippen LogP contribution in [0.15, 0.2) is 78.5 Å². The third-order valence-corrected chi connectivity index (χ3v) is 6.13. The maximum atomic E-state index is 12.3. The minimum Gasteiger partial charge on any atom is -0.508 e. The average molecular weight is 455 g/mol. The van der Waals surface area contributed by atoms with Crippen LogP contribution >= 0.6 is 11.3 Å². The summed E-state index contributed by atoms with van der Waals surface area (Å²) in [5.41, 5.74) is 4.95. The number of nitrogens with one attached hydrogen (secondary N) is 2. The zero-order chi connectivity index (χ0) is 23.2. The van der Waals surface area contributed by atoms with Crippen molar-refractivity contribution < 1.29 is 9.90 Å². The number of phenols is 1. The van der Waals surface area contributed by atoms with E-state index >= 15 is 0 Å². The average Bonchev–Trinajstić information content (AvgIpc) is 3.24. The minimum absolute atomic E-state index is 0.00803. The second-order valence-corrected chi connectivity index (χ2v) is 8.58. The number of phenolic OH excluding ortho intramolecular Hbond substituents is 1. The van der Waals surface area contributed by atoms with Gasteiger partial charge in [0.15, 0.2) is 0 Å². The van der Waals surface area contributed by atoms with Crippen molar-refractivity contribution >= 4 is 33.1 Å². The van der Waals surface area contributed by atoms with E-state index in [0.29, 0.717) is 13.0 Å². The van der Waals surface area contributed by atoms with Crippen LogP contribution in [0.5, 0.6) is 5.75 Å². The summed E-state index contributed by atoms with van der Waals surface area (Å²) in [4.78, 5) is 17.0. The summed E-state index contributed by atoms with van der Waals surface area (Å²) in [7, 11) is 0. The number of aromatic hydroxyl groups is 1. The highest BCUT2D eigenvalue weighted by Crippen LogP contribution is 2.31. The first-order valence-electron chi connectivity index (χ1n) is 10.4. The molecule has 0 atom stereocenters. The maximum Gasteiger partial charge on any atom is 0.263 e. The first-order chi connectivity index (χ1) is 16.0. The Morgan fingerprint density at radius 2 is 1.88 bits per heavy atom. The number of carbonyl (C=O) groups excluding carboxylic acids is 1. The van der Waals surface area contributed by atoms with E-state index in [1.165, 1.54) is 11.8 Å². The van der Waals surface area contributed by atoms with Gasteiger partial charge in [-0.3, -0.25) is 4.79 Å². The summed E-state index contributed by atoms with van der Waals surface area (Å²) >= 11 is 1.65. The minimum atomic E-state index is -0.440. The van der Waals surface area contributed by atoms with Crippen LogP contribution in [0.3, 0.4) is 0 Å². The van der Waals surface area contributed by atoms with Gasteiger partial charge in [0.1, 0.15) is 22.4 Å². The lowest BCUT2D eigenvalue weighted by atomic mass is 10.1. The number of nitriles is 1. The number of hydrogen-bond donors (Lipinski definition) is 3. The standard InChI is InChI=1S/C26H22N4O2S/c1-17-2-11-23-24(14-17)33-26(30-23)19-5-7-21(8-6-19)29-16-20(15-27)25(32)28-13-12-18-3-9-22(31)10-4-18/h2-11,14,16,29,31H,12-13H2,1H3,(H,28,32)/b20-16-. The predicted molar refractivity (Wildman–Crippen MR) is 132 cm³/mol. The van der Waals surface area contributed by atoms with E-state index in [9.17, 15) is 15.2 Å². The molecule has 33 heavy (non-hydrogen) atoms. The Kier molecular flexibility index (Phi) is 6.67. The Balaban J connectivity index is 1.35. The Morgan fingerprint density at radius 1 is 1.12 bits per heavy atom. The SMILES string of the molecule is Cc1ccc2nc(-c3ccc(N/C=C(/C#N)C(=O)NCCc4ccc(O)cc4)cc3)sc2c1. The molecule has 1 heterocycles. The number of amides is 1. The van der Waals surface area contributed by atoms with E-state index < -0.39 is 5.91 Å². The van der Waals surface area contributed by atoms with Crippen molar-refractivity contribution in [3.63, 3.8) is 0 Å². The number of fused-ring (bicyclic) bond motifs is 1. The second kappa shape index (κ2) is 9.98. The number of aryl methyl sites for hydroxylation is 1. The van der Waals surface area contributed by atoms with Crippen LogP contribution in [0, 0.1) is 18.3 Å². The third kappa shape index (κ3) is 5.56. The molecule has 0 bridgehead atoms. The molecule has 0 aliphatic carbocycles. The third-order valence-electron chi connectivity index (χ3n) is 5.06. The number of thiazole rings is 1. The molecule has 3 N–H and O–H groups in total. The molecule has 1 aromatic heterocycles. The monoisotopic (exact) mass is 454 g/mol. The van der Waals surface area contributed by atoms with Crippen LogP contribution < -0.4 is 10.6 Å². The summed E-state index contributed by atoms with van der Waals surface area (Å²) in [5.74, 6) is -0.239. The Morgan fingerprint density at radius 3 is 2.61 bits per heavy atom. The molecule has 0 unspecified atom stereocenters. The molecule has 0 saturated carbocycles. The van der Waals surface area contributed by atoms with Gasteiger partial charge >= 0.3 is 0 Å². The molecule has 4 aromatic rings. The fraction of sp³-hybridized carbons (Fsp3) is 0.115. The molecule has 0 radical (unpaired) electrons. The van der Waals surface area contributed by atoms with E-state index in [-0.39, 0.29) is 11.3 Å². The number of hydrogen-bond acceptors (Lipinski definition) is 6. The molecule has 0 fully saturated rings. The molecule has 4 rings (SSSR count). The van der Waals surface area contributed by atoms with E-state index in [1.807, 2.05) is 36.4 Å². The molecular weight excluding hydrogens is 432 g/mol. The molecule has 164 valence electrons. The zero-order valence-corrected chi connectivity index (χ0v) is 18.8.